The third kappa shape index (κ3) is 4.00. The maximum Gasteiger partial charge on any atom is 0.243 e. The highest BCUT2D eigenvalue weighted by atomic mass is 32.2. The second-order valence-corrected chi connectivity index (χ2v) is 7.97. The fourth-order valence-electron chi connectivity index (χ4n) is 2.55. The van der Waals surface area contributed by atoms with E-state index in [1.807, 2.05) is 6.92 Å². The van der Waals surface area contributed by atoms with Crippen LogP contribution in [0.3, 0.4) is 0 Å². The molecule has 0 saturated carbocycles. The fourth-order valence-corrected chi connectivity index (χ4v) is 3.81. The van der Waals surface area contributed by atoms with Gasteiger partial charge in [-0.05, 0) is 49.7 Å². The Balaban J connectivity index is 1.67. The Morgan fingerprint density at radius 1 is 1.04 bits per heavy atom. The van der Waals surface area contributed by atoms with E-state index in [9.17, 15) is 13.2 Å². The summed E-state index contributed by atoms with van der Waals surface area (Å²) in [6, 6.07) is 13.0. The van der Waals surface area contributed by atoms with E-state index in [2.05, 4.69) is 10.9 Å². The maximum atomic E-state index is 12.6. The number of amides is 1. The Bertz CT molecular complexity index is 840. The molecule has 2 N–H and O–H groups in total. The van der Waals surface area contributed by atoms with Crippen LogP contribution >= 0.6 is 0 Å². The highest BCUT2D eigenvalue weighted by Gasteiger charge is 2.23. The van der Waals surface area contributed by atoms with Crippen molar-refractivity contribution >= 4 is 21.4 Å². The fraction of sp³-hybridized carbons (Fsp3) is 0.278. The summed E-state index contributed by atoms with van der Waals surface area (Å²) in [7, 11) is -3.55. The third-order valence-electron chi connectivity index (χ3n) is 4.13. The molecule has 0 radical (unpaired) electrons. The average molecular weight is 360 g/mol. The van der Waals surface area contributed by atoms with Gasteiger partial charge < -0.3 is 4.74 Å². The van der Waals surface area contributed by atoms with Crippen LogP contribution in [0.5, 0.6) is 0 Å². The number of hydrazine groups is 1. The third-order valence-corrected chi connectivity index (χ3v) is 5.91. The molecular weight excluding hydrogens is 340 g/mol. The zero-order valence-corrected chi connectivity index (χ0v) is 14.7. The minimum atomic E-state index is -3.55. The lowest BCUT2D eigenvalue weighted by atomic mass is 10.1. The predicted octanol–water partition coefficient (Wildman–Crippen LogP) is 2.31. The first-order valence-corrected chi connectivity index (χ1v) is 9.50. The molecule has 3 rings (SSSR count). The smallest absolute Gasteiger partial charge is 0.243 e. The van der Waals surface area contributed by atoms with Crippen LogP contribution in [0.15, 0.2) is 58.3 Å². The summed E-state index contributed by atoms with van der Waals surface area (Å²) in [6.45, 7) is 2.94. The van der Waals surface area contributed by atoms with E-state index in [4.69, 9.17) is 4.74 Å². The predicted molar refractivity (Wildman–Crippen MR) is 93.8 cm³/mol. The van der Waals surface area contributed by atoms with Gasteiger partial charge in [0.1, 0.15) is 0 Å². The van der Waals surface area contributed by atoms with Crippen molar-refractivity contribution in [3.63, 3.8) is 0 Å². The van der Waals surface area contributed by atoms with E-state index in [-0.39, 0.29) is 21.6 Å². The van der Waals surface area contributed by atoms with Crippen molar-refractivity contribution < 1.29 is 17.9 Å². The summed E-state index contributed by atoms with van der Waals surface area (Å²) < 4.78 is 30.4. The van der Waals surface area contributed by atoms with Gasteiger partial charge in [-0.1, -0.05) is 17.7 Å². The van der Waals surface area contributed by atoms with Crippen LogP contribution < -0.4 is 10.9 Å². The number of nitrogens with one attached hydrogen (secondary N) is 2. The van der Waals surface area contributed by atoms with E-state index in [0.29, 0.717) is 25.3 Å². The van der Waals surface area contributed by atoms with E-state index >= 15 is 0 Å². The summed E-state index contributed by atoms with van der Waals surface area (Å²) in [5.41, 5.74) is 7.02. The normalized spacial score (nSPS) is 17.2. The van der Waals surface area contributed by atoms with Gasteiger partial charge in [0.2, 0.25) is 15.7 Å². The van der Waals surface area contributed by atoms with E-state index in [0.717, 1.165) is 5.56 Å². The Morgan fingerprint density at radius 2 is 1.64 bits per heavy atom. The number of ether oxygens (including phenoxy) is 1. The van der Waals surface area contributed by atoms with Gasteiger partial charge in [-0.2, -0.15) is 0 Å². The molecule has 0 bridgehead atoms. The van der Waals surface area contributed by atoms with Crippen LogP contribution in [0, 0.1) is 12.8 Å². The molecule has 0 unspecified atom stereocenters. The molecule has 7 heteroatoms. The minimum Gasteiger partial charge on any atom is -0.381 e. The second kappa shape index (κ2) is 7.25. The summed E-state index contributed by atoms with van der Waals surface area (Å²) in [4.78, 5) is 12.4. The molecule has 0 spiro atoms. The van der Waals surface area contributed by atoms with Gasteiger partial charge >= 0.3 is 0 Å². The van der Waals surface area contributed by atoms with Gasteiger partial charge in [-0.25, -0.2) is 8.42 Å². The Hall–Kier alpha value is -2.38. The highest BCUT2D eigenvalue weighted by molar-refractivity contribution is 7.91. The Morgan fingerprint density at radius 3 is 2.20 bits per heavy atom. The van der Waals surface area contributed by atoms with Crippen LogP contribution in [-0.2, 0) is 19.4 Å². The molecule has 1 heterocycles. The van der Waals surface area contributed by atoms with Crippen LogP contribution in [0.4, 0.5) is 5.69 Å². The highest BCUT2D eigenvalue weighted by Crippen LogP contribution is 2.22. The molecule has 1 saturated heterocycles. The van der Waals surface area contributed by atoms with Crippen molar-refractivity contribution in [3.05, 3.63) is 54.1 Å². The molecule has 1 amide bonds. The summed E-state index contributed by atoms with van der Waals surface area (Å²) in [5.74, 6) is -0.275. The second-order valence-electron chi connectivity index (χ2n) is 6.02. The number of sulfone groups is 1. The monoisotopic (exact) mass is 360 g/mol. The minimum absolute atomic E-state index is 0.131. The number of carbonyl (C=O) groups is 1. The topological polar surface area (TPSA) is 84.5 Å². The van der Waals surface area contributed by atoms with Crippen molar-refractivity contribution in [2.45, 2.75) is 23.1 Å². The van der Waals surface area contributed by atoms with Crippen LogP contribution in [0.25, 0.3) is 0 Å². The van der Waals surface area contributed by atoms with Gasteiger partial charge in [0.15, 0.2) is 0 Å². The number of carbonyl (C=O) groups excluding carboxylic acids is 1. The maximum absolute atomic E-state index is 12.6. The van der Waals surface area contributed by atoms with E-state index in [1.54, 1.807) is 36.4 Å². The molecule has 1 aliphatic rings. The van der Waals surface area contributed by atoms with Gasteiger partial charge in [-0.15, -0.1) is 0 Å². The largest absolute Gasteiger partial charge is 0.381 e. The molecular formula is C18H20N2O4S. The number of rotatable bonds is 5. The summed E-state index contributed by atoms with van der Waals surface area (Å²) >= 11 is 0. The van der Waals surface area contributed by atoms with Crippen LogP contribution in [0.2, 0.25) is 0 Å². The van der Waals surface area contributed by atoms with Gasteiger partial charge in [0.25, 0.3) is 0 Å². The van der Waals surface area contributed by atoms with Gasteiger partial charge in [0, 0.05) is 6.61 Å². The molecule has 1 aliphatic heterocycles. The Kier molecular flexibility index (Phi) is 5.06. The lowest BCUT2D eigenvalue weighted by Crippen LogP contribution is -2.35. The molecule has 132 valence electrons. The van der Waals surface area contributed by atoms with Crippen molar-refractivity contribution in [1.82, 2.24) is 5.43 Å². The molecule has 6 nitrogen and oxygen atoms in total. The first-order valence-electron chi connectivity index (χ1n) is 8.02. The van der Waals surface area contributed by atoms with Crippen LogP contribution in [0.1, 0.15) is 12.0 Å². The quantitative estimate of drug-likeness (QED) is 0.800. The molecule has 0 aliphatic carbocycles. The summed E-state index contributed by atoms with van der Waals surface area (Å²) in [6.07, 6.45) is 0.710. The molecule has 1 fully saturated rings. The van der Waals surface area contributed by atoms with Crippen molar-refractivity contribution in [2.24, 2.45) is 5.92 Å². The molecule has 25 heavy (non-hydrogen) atoms. The van der Waals surface area contributed by atoms with Crippen molar-refractivity contribution in [3.8, 4) is 0 Å². The SMILES string of the molecule is Cc1ccc(S(=O)(=O)c2ccc(NNC(=O)[C@H]3CCOC3)cc2)cc1. The Labute approximate surface area is 147 Å². The lowest BCUT2D eigenvalue weighted by molar-refractivity contribution is -0.124. The first kappa shape index (κ1) is 17.4. The number of hydrogen-bond acceptors (Lipinski definition) is 5. The molecule has 0 aromatic heterocycles. The standard InChI is InChI=1S/C18H20N2O4S/c1-13-2-6-16(7-3-13)25(22,23)17-8-4-15(5-9-17)19-20-18(21)14-10-11-24-12-14/h2-9,14,19H,10-12H2,1H3,(H,20,21)/t14-/m0/s1. The molecule has 1 atom stereocenters. The van der Waals surface area contributed by atoms with Crippen LogP contribution in [-0.4, -0.2) is 27.5 Å². The summed E-state index contributed by atoms with van der Waals surface area (Å²) in [5, 5.41) is 0. The molecule has 2 aromatic rings. The van der Waals surface area contributed by atoms with Crippen molar-refractivity contribution in [1.29, 1.82) is 0 Å². The number of benzene rings is 2. The number of hydrogen-bond donors (Lipinski definition) is 2. The lowest BCUT2D eigenvalue weighted by Gasteiger charge is -2.12. The molecule has 2 aromatic carbocycles. The zero-order valence-electron chi connectivity index (χ0n) is 13.9. The number of aryl methyl sites for hydroxylation is 1. The van der Waals surface area contributed by atoms with E-state index < -0.39 is 9.84 Å². The zero-order chi connectivity index (χ0) is 17.9. The van der Waals surface area contributed by atoms with E-state index in [1.165, 1.54) is 12.1 Å². The van der Waals surface area contributed by atoms with Gasteiger partial charge in [-0.3, -0.25) is 15.6 Å². The average Bonchev–Trinajstić information content (AvgIpc) is 3.15. The van der Waals surface area contributed by atoms with Gasteiger partial charge in [0.05, 0.1) is 28.0 Å². The van der Waals surface area contributed by atoms with Crippen molar-refractivity contribution in [2.75, 3.05) is 18.6 Å². The number of anilines is 1. The first-order chi connectivity index (χ1) is 12.0.